The van der Waals surface area contributed by atoms with Gasteiger partial charge in [0.2, 0.25) is 0 Å². The normalized spacial score (nSPS) is 11.3. The van der Waals surface area contributed by atoms with Crippen LogP contribution in [0, 0.1) is 29.1 Å². The molecule has 2 rings (SSSR count). The molecule has 2 heteroatoms. The minimum atomic E-state index is -0.602. The molecule has 2 aromatic carbocycles. The molecular weight excluding hydrogens is 321 g/mol. The predicted molar refractivity (Wildman–Crippen MR) is 109 cm³/mol. The van der Waals surface area contributed by atoms with E-state index in [0.717, 1.165) is 13.1 Å². The van der Waals surface area contributed by atoms with Crippen molar-refractivity contribution >= 4 is 10.8 Å². The van der Waals surface area contributed by atoms with Gasteiger partial charge >= 0.3 is 0 Å². The third kappa shape index (κ3) is 6.75. The van der Waals surface area contributed by atoms with Crippen molar-refractivity contribution in [2.24, 2.45) is 5.41 Å². The molecule has 0 radical (unpaired) electrons. The van der Waals surface area contributed by atoms with E-state index in [1.807, 2.05) is 18.2 Å². The summed E-state index contributed by atoms with van der Waals surface area (Å²) in [5.74, 6) is 11.7. The van der Waals surface area contributed by atoms with Gasteiger partial charge in [-0.15, -0.1) is 0 Å². The van der Waals surface area contributed by atoms with Gasteiger partial charge in [-0.05, 0) is 43.2 Å². The number of fused-ring (bicyclic) bond motifs is 1. The summed E-state index contributed by atoms with van der Waals surface area (Å²) >= 11 is 0. The largest absolute Gasteiger partial charge is 0.284 e. The lowest BCUT2D eigenvalue weighted by Crippen LogP contribution is -2.24. The van der Waals surface area contributed by atoms with E-state index in [1.165, 1.54) is 16.3 Å². The highest BCUT2D eigenvalue weighted by atomic mass is 19.1. The molecule has 0 aliphatic carbocycles. The molecule has 0 unspecified atom stereocenters. The van der Waals surface area contributed by atoms with E-state index >= 15 is 0 Å². The van der Waals surface area contributed by atoms with E-state index in [1.54, 1.807) is 0 Å². The van der Waals surface area contributed by atoms with Crippen LogP contribution in [0.2, 0.25) is 0 Å². The van der Waals surface area contributed by atoms with Crippen LogP contribution in [0.3, 0.4) is 0 Å². The van der Waals surface area contributed by atoms with Crippen LogP contribution in [0.15, 0.2) is 54.6 Å². The molecule has 0 saturated carbocycles. The summed E-state index contributed by atoms with van der Waals surface area (Å²) in [5.41, 5.74) is 1.25. The summed E-state index contributed by atoms with van der Waals surface area (Å²) in [6, 6.07) is 14.7. The minimum Gasteiger partial charge on any atom is -0.284 e. The van der Waals surface area contributed by atoms with Crippen LogP contribution in [0.25, 0.3) is 10.8 Å². The summed E-state index contributed by atoms with van der Waals surface area (Å²) in [6.07, 6.45) is 3.94. The molecule has 0 fully saturated rings. The molecule has 0 saturated heterocycles. The molecule has 0 aliphatic heterocycles. The van der Waals surface area contributed by atoms with E-state index in [-0.39, 0.29) is 5.41 Å². The van der Waals surface area contributed by atoms with Crippen molar-refractivity contribution in [1.82, 2.24) is 4.90 Å². The van der Waals surface area contributed by atoms with Crippen molar-refractivity contribution in [2.75, 3.05) is 19.8 Å². The van der Waals surface area contributed by atoms with Gasteiger partial charge in [-0.1, -0.05) is 72.2 Å². The average Bonchev–Trinajstić information content (AvgIpc) is 2.60. The van der Waals surface area contributed by atoms with Crippen LogP contribution >= 0.6 is 0 Å². The Balaban J connectivity index is 2.13. The van der Waals surface area contributed by atoms with Gasteiger partial charge in [0.15, 0.2) is 0 Å². The number of rotatable bonds is 5. The number of hydrogen-bond donors (Lipinski definition) is 0. The molecule has 0 aromatic heterocycles. The summed E-state index contributed by atoms with van der Waals surface area (Å²) in [5, 5.41) is 2.47. The second-order valence-corrected chi connectivity index (χ2v) is 7.22. The Morgan fingerprint density at radius 3 is 2.58 bits per heavy atom. The first-order valence-corrected chi connectivity index (χ1v) is 8.88. The van der Waals surface area contributed by atoms with Crippen molar-refractivity contribution < 1.29 is 4.39 Å². The highest BCUT2D eigenvalue weighted by Crippen LogP contribution is 2.20. The molecule has 0 atom stereocenters. The van der Waals surface area contributed by atoms with E-state index < -0.39 is 6.67 Å². The second kappa shape index (κ2) is 9.81. The standard InChI is InChI=1S/C24H26FN/c1-24(2,3)16-7-4-9-18-26(19-10-8-17-25)20-22-14-11-13-21-12-5-6-15-23(21)22/h4-6,9,11-15H,17-20H2,1-3H3. The van der Waals surface area contributed by atoms with Crippen LogP contribution in [-0.2, 0) is 6.54 Å². The van der Waals surface area contributed by atoms with Gasteiger partial charge in [0.25, 0.3) is 0 Å². The third-order valence-corrected chi connectivity index (χ3v) is 3.78. The Hall–Kier alpha value is -2.55. The molecule has 0 spiro atoms. The van der Waals surface area contributed by atoms with Gasteiger partial charge < -0.3 is 0 Å². The van der Waals surface area contributed by atoms with Crippen molar-refractivity contribution in [3.8, 4) is 23.7 Å². The fraction of sp³-hybridized carbons (Fsp3) is 0.333. The quantitative estimate of drug-likeness (QED) is 0.670. The molecule has 0 amide bonds. The van der Waals surface area contributed by atoms with Crippen LogP contribution in [0.4, 0.5) is 4.39 Å². The zero-order chi connectivity index (χ0) is 18.8. The lowest BCUT2D eigenvalue weighted by Gasteiger charge is -2.19. The maximum absolute atomic E-state index is 12.3. The van der Waals surface area contributed by atoms with E-state index in [4.69, 9.17) is 0 Å². The van der Waals surface area contributed by atoms with Crippen molar-refractivity contribution in [3.63, 3.8) is 0 Å². The topological polar surface area (TPSA) is 3.24 Å². The number of alkyl halides is 1. The highest BCUT2D eigenvalue weighted by molar-refractivity contribution is 5.85. The van der Waals surface area contributed by atoms with E-state index in [0.29, 0.717) is 6.54 Å². The number of halogens is 1. The van der Waals surface area contributed by atoms with Gasteiger partial charge in [-0.2, -0.15) is 0 Å². The maximum Gasteiger partial charge on any atom is 0.150 e. The third-order valence-electron chi connectivity index (χ3n) is 3.78. The van der Waals surface area contributed by atoms with E-state index in [9.17, 15) is 4.39 Å². The van der Waals surface area contributed by atoms with Crippen molar-refractivity contribution in [2.45, 2.75) is 27.3 Å². The predicted octanol–water partition coefficient (Wildman–Crippen LogP) is 5.22. The number of hydrogen-bond acceptors (Lipinski definition) is 1. The molecule has 134 valence electrons. The number of benzene rings is 2. The second-order valence-electron chi connectivity index (χ2n) is 7.22. The van der Waals surface area contributed by atoms with Crippen molar-refractivity contribution in [1.29, 1.82) is 0 Å². The van der Waals surface area contributed by atoms with Crippen LogP contribution in [0.5, 0.6) is 0 Å². The molecule has 1 nitrogen and oxygen atoms in total. The average molecular weight is 347 g/mol. The van der Waals surface area contributed by atoms with Gasteiger partial charge in [0, 0.05) is 18.5 Å². The molecule has 0 heterocycles. The van der Waals surface area contributed by atoms with Crippen molar-refractivity contribution in [3.05, 3.63) is 60.2 Å². The Morgan fingerprint density at radius 2 is 1.81 bits per heavy atom. The van der Waals surface area contributed by atoms with Crippen LogP contribution < -0.4 is 0 Å². The lowest BCUT2D eigenvalue weighted by molar-refractivity contribution is 0.333. The van der Waals surface area contributed by atoms with Crippen LogP contribution in [-0.4, -0.2) is 24.7 Å². The molecule has 0 aliphatic rings. The number of allylic oxidation sites excluding steroid dienone is 1. The number of nitrogens with zero attached hydrogens (tertiary/aromatic N) is 1. The summed E-state index contributed by atoms with van der Waals surface area (Å²) in [6.45, 7) is 7.69. The van der Waals surface area contributed by atoms with Gasteiger partial charge in [0.1, 0.15) is 6.67 Å². The van der Waals surface area contributed by atoms with Gasteiger partial charge in [-0.3, -0.25) is 4.90 Å². The first-order valence-electron chi connectivity index (χ1n) is 8.88. The first-order chi connectivity index (χ1) is 12.5. The zero-order valence-corrected chi connectivity index (χ0v) is 15.8. The molecular formula is C24H26FN. The van der Waals surface area contributed by atoms with Gasteiger partial charge in [-0.25, -0.2) is 4.39 Å². The molecule has 0 N–H and O–H groups in total. The monoisotopic (exact) mass is 347 g/mol. The smallest absolute Gasteiger partial charge is 0.150 e. The fourth-order valence-electron chi connectivity index (χ4n) is 2.59. The van der Waals surface area contributed by atoms with Crippen LogP contribution in [0.1, 0.15) is 26.3 Å². The zero-order valence-electron chi connectivity index (χ0n) is 15.8. The Morgan fingerprint density at radius 1 is 1.04 bits per heavy atom. The highest BCUT2D eigenvalue weighted by Gasteiger charge is 2.06. The fourth-order valence-corrected chi connectivity index (χ4v) is 2.59. The first kappa shape index (κ1) is 19.8. The minimum absolute atomic E-state index is 0.000414. The SMILES string of the molecule is CC(C)(C)C#CC=CCN(CC#CCF)Cc1cccc2ccccc12. The Labute approximate surface area is 156 Å². The molecule has 0 bridgehead atoms. The Bertz CT molecular complexity index is 861. The summed E-state index contributed by atoms with van der Waals surface area (Å²) in [4.78, 5) is 2.19. The van der Waals surface area contributed by atoms with E-state index in [2.05, 4.69) is 85.8 Å². The Kier molecular flexibility index (Phi) is 7.46. The molecule has 2 aromatic rings. The summed E-state index contributed by atoms with van der Waals surface area (Å²) in [7, 11) is 0. The van der Waals surface area contributed by atoms with Gasteiger partial charge in [0.05, 0.1) is 6.54 Å². The molecule has 26 heavy (non-hydrogen) atoms. The lowest BCUT2D eigenvalue weighted by atomic mass is 9.98. The summed E-state index contributed by atoms with van der Waals surface area (Å²) < 4.78 is 12.3. The maximum atomic E-state index is 12.3.